The highest BCUT2D eigenvalue weighted by Crippen LogP contribution is 2.24. The molecule has 84 valence electrons. The molecule has 0 aliphatic rings. The lowest BCUT2D eigenvalue weighted by atomic mass is 10.2. The Morgan fingerprint density at radius 3 is 2.27 bits per heavy atom. The summed E-state index contributed by atoms with van der Waals surface area (Å²) in [4.78, 5) is 0. The van der Waals surface area contributed by atoms with Gasteiger partial charge in [-0.05, 0) is 17.7 Å². The molecule has 0 atom stereocenters. The number of halogens is 4. The van der Waals surface area contributed by atoms with Crippen molar-refractivity contribution >= 4 is 11.6 Å². The van der Waals surface area contributed by atoms with E-state index in [1.54, 1.807) is 0 Å². The van der Waals surface area contributed by atoms with Crippen molar-refractivity contribution in [2.45, 2.75) is 12.3 Å². The maximum absolute atomic E-state index is 13.2. The van der Waals surface area contributed by atoms with E-state index in [2.05, 4.69) is 0 Å². The second-order valence-corrected chi connectivity index (χ2v) is 3.18. The number of hydrogen-bond acceptors (Lipinski definition) is 1. The van der Waals surface area contributed by atoms with Crippen molar-refractivity contribution in [2.75, 3.05) is 13.3 Å². The first-order valence-electron chi connectivity index (χ1n) is 4.41. The lowest BCUT2D eigenvalue weighted by molar-refractivity contribution is 0.264. The molecule has 0 saturated carbocycles. The molecule has 0 aliphatic carbocycles. The number of hydrogen-bond donors (Lipinski definition) is 0. The van der Waals surface area contributed by atoms with Crippen molar-refractivity contribution in [3.8, 4) is 5.75 Å². The van der Waals surface area contributed by atoms with Gasteiger partial charge in [0.05, 0.1) is 13.3 Å². The quantitative estimate of drug-likeness (QED) is 0.564. The molecule has 0 fully saturated rings. The van der Waals surface area contributed by atoms with Gasteiger partial charge < -0.3 is 4.74 Å². The highest BCUT2D eigenvalue weighted by Gasteiger charge is 2.12. The molecule has 0 N–H and O–H groups in total. The molecule has 0 bridgehead atoms. The molecule has 0 aromatic heterocycles. The molecule has 0 saturated heterocycles. The molecule has 15 heavy (non-hydrogen) atoms. The van der Waals surface area contributed by atoms with E-state index in [4.69, 9.17) is 16.3 Å². The Labute approximate surface area is 90.8 Å². The summed E-state index contributed by atoms with van der Waals surface area (Å²) in [7, 11) is 0. The van der Waals surface area contributed by atoms with E-state index in [1.807, 2.05) is 0 Å². The lowest BCUT2D eigenvalue weighted by Crippen LogP contribution is -2.03. The van der Waals surface area contributed by atoms with Gasteiger partial charge in [0.1, 0.15) is 0 Å². The Hall–Kier alpha value is -0.900. The second kappa shape index (κ2) is 5.85. The Kier molecular flexibility index (Phi) is 4.75. The zero-order chi connectivity index (χ0) is 11.3. The van der Waals surface area contributed by atoms with Crippen LogP contribution in [-0.2, 0) is 5.88 Å². The van der Waals surface area contributed by atoms with Crippen molar-refractivity contribution in [3.63, 3.8) is 0 Å². The largest absolute Gasteiger partial charge is 0.488 e. The third kappa shape index (κ3) is 3.30. The molecule has 1 rings (SSSR count). The summed E-state index contributed by atoms with van der Waals surface area (Å²) in [5.41, 5.74) is 0.338. The van der Waals surface area contributed by atoms with Gasteiger partial charge in [-0.15, -0.1) is 11.6 Å². The molecule has 0 heterocycles. The normalized spacial score (nSPS) is 10.4. The zero-order valence-corrected chi connectivity index (χ0v) is 8.66. The molecule has 0 spiro atoms. The SMILES string of the molecule is FCCCOc1c(F)cc(CCl)cc1F. The molecule has 1 aromatic rings. The first-order valence-corrected chi connectivity index (χ1v) is 4.95. The van der Waals surface area contributed by atoms with Crippen molar-refractivity contribution in [2.24, 2.45) is 0 Å². The average Bonchev–Trinajstić information content (AvgIpc) is 2.22. The fourth-order valence-electron chi connectivity index (χ4n) is 1.06. The van der Waals surface area contributed by atoms with Gasteiger partial charge in [0, 0.05) is 12.3 Å². The summed E-state index contributed by atoms with van der Waals surface area (Å²) >= 11 is 5.43. The van der Waals surface area contributed by atoms with Gasteiger partial charge in [0.15, 0.2) is 17.4 Å². The predicted octanol–water partition coefficient (Wildman–Crippen LogP) is 3.44. The van der Waals surface area contributed by atoms with Crippen LogP contribution in [0.1, 0.15) is 12.0 Å². The minimum absolute atomic E-state index is 0.0264. The highest BCUT2D eigenvalue weighted by molar-refractivity contribution is 6.17. The molecular weight excluding hydrogens is 229 g/mol. The van der Waals surface area contributed by atoms with Crippen LogP contribution in [0.3, 0.4) is 0 Å². The van der Waals surface area contributed by atoms with Gasteiger partial charge in [0.25, 0.3) is 0 Å². The van der Waals surface area contributed by atoms with Gasteiger partial charge in [-0.25, -0.2) is 8.78 Å². The fourth-order valence-corrected chi connectivity index (χ4v) is 1.21. The van der Waals surface area contributed by atoms with Crippen molar-refractivity contribution in [1.82, 2.24) is 0 Å². The number of rotatable bonds is 5. The van der Waals surface area contributed by atoms with E-state index in [0.29, 0.717) is 5.56 Å². The molecule has 1 aromatic carbocycles. The summed E-state index contributed by atoms with van der Waals surface area (Å²) in [5, 5.41) is 0. The van der Waals surface area contributed by atoms with E-state index in [-0.39, 0.29) is 18.9 Å². The maximum Gasteiger partial charge on any atom is 0.190 e. The summed E-state index contributed by atoms with van der Waals surface area (Å²) < 4.78 is 42.9. The van der Waals surface area contributed by atoms with Crippen LogP contribution in [0, 0.1) is 11.6 Å². The highest BCUT2D eigenvalue weighted by atomic mass is 35.5. The van der Waals surface area contributed by atoms with Crippen LogP contribution in [0.2, 0.25) is 0 Å². The average molecular weight is 239 g/mol. The van der Waals surface area contributed by atoms with Gasteiger partial charge >= 0.3 is 0 Å². The summed E-state index contributed by atoms with van der Waals surface area (Å²) in [6, 6.07) is 2.20. The Bertz CT molecular complexity index is 307. The third-order valence-electron chi connectivity index (χ3n) is 1.74. The minimum atomic E-state index is -0.815. The molecule has 0 aliphatic heterocycles. The van der Waals surface area contributed by atoms with Crippen LogP contribution >= 0.6 is 11.6 Å². The van der Waals surface area contributed by atoms with E-state index >= 15 is 0 Å². The zero-order valence-electron chi connectivity index (χ0n) is 7.90. The molecule has 0 radical (unpaired) electrons. The van der Waals surface area contributed by atoms with Crippen LogP contribution in [0.25, 0.3) is 0 Å². The first-order chi connectivity index (χ1) is 7.19. The van der Waals surface area contributed by atoms with Gasteiger partial charge in [0.2, 0.25) is 0 Å². The van der Waals surface area contributed by atoms with Crippen molar-refractivity contribution in [3.05, 3.63) is 29.3 Å². The van der Waals surface area contributed by atoms with Crippen LogP contribution in [0.4, 0.5) is 13.2 Å². The van der Waals surface area contributed by atoms with Gasteiger partial charge in [-0.2, -0.15) is 0 Å². The minimum Gasteiger partial charge on any atom is -0.488 e. The molecule has 0 unspecified atom stereocenters. The predicted molar refractivity (Wildman–Crippen MR) is 52.0 cm³/mol. The Morgan fingerprint density at radius 2 is 1.80 bits per heavy atom. The summed E-state index contributed by atoms with van der Waals surface area (Å²) in [6.07, 6.45) is 0.107. The van der Waals surface area contributed by atoms with Gasteiger partial charge in [-0.3, -0.25) is 4.39 Å². The molecular formula is C10H10ClF3O. The smallest absolute Gasteiger partial charge is 0.190 e. The molecule has 1 nitrogen and oxygen atoms in total. The number of benzene rings is 1. The van der Waals surface area contributed by atoms with E-state index in [1.165, 1.54) is 0 Å². The van der Waals surface area contributed by atoms with E-state index in [0.717, 1.165) is 12.1 Å². The van der Waals surface area contributed by atoms with Crippen LogP contribution in [0.5, 0.6) is 5.75 Å². The van der Waals surface area contributed by atoms with Gasteiger partial charge in [-0.1, -0.05) is 0 Å². The van der Waals surface area contributed by atoms with Crippen molar-refractivity contribution < 1.29 is 17.9 Å². The van der Waals surface area contributed by atoms with Crippen LogP contribution in [-0.4, -0.2) is 13.3 Å². The summed E-state index contributed by atoms with van der Waals surface area (Å²) in [6.45, 7) is -0.631. The Balaban J connectivity index is 2.79. The van der Waals surface area contributed by atoms with Crippen LogP contribution in [0.15, 0.2) is 12.1 Å². The standard InChI is InChI=1S/C10H10ClF3O/c11-6-7-4-8(13)10(9(14)5-7)15-3-1-2-12/h4-5H,1-3,6H2. The molecule has 5 heteroatoms. The number of ether oxygens (including phenoxy) is 1. The lowest BCUT2D eigenvalue weighted by Gasteiger charge is -2.08. The first kappa shape index (κ1) is 12.2. The molecule has 0 amide bonds. The maximum atomic E-state index is 13.2. The topological polar surface area (TPSA) is 9.23 Å². The van der Waals surface area contributed by atoms with E-state index in [9.17, 15) is 13.2 Å². The number of alkyl halides is 2. The monoisotopic (exact) mass is 238 g/mol. The Morgan fingerprint density at radius 1 is 1.20 bits per heavy atom. The van der Waals surface area contributed by atoms with Crippen LogP contribution < -0.4 is 4.74 Å². The summed E-state index contributed by atoms with van der Waals surface area (Å²) in [5.74, 6) is -2.08. The third-order valence-corrected chi connectivity index (χ3v) is 2.05. The fraction of sp³-hybridized carbons (Fsp3) is 0.400. The van der Waals surface area contributed by atoms with E-state index < -0.39 is 24.1 Å². The van der Waals surface area contributed by atoms with Crippen molar-refractivity contribution in [1.29, 1.82) is 0 Å². The second-order valence-electron chi connectivity index (χ2n) is 2.91.